The minimum Gasteiger partial charge on any atom is -0.495 e. The summed E-state index contributed by atoms with van der Waals surface area (Å²) in [5.41, 5.74) is 5.36. The molecule has 0 atom stereocenters. The van der Waals surface area contributed by atoms with Crippen LogP contribution in [0, 0.1) is 13.8 Å². The normalized spacial score (nSPS) is 13.0. The van der Waals surface area contributed by atoms with E-state index in [-0.39, 0.29) is 18.9 Å². The summed E-state index contributed by atoms with van der Waals surface area (Å²) >= 11 is 6.23. The number of hydrogen-bond donors (Lipinski definition) is 1. The van der Waals surface area contributed by atoms with Gasteiger partial charge in [0.05, 0.1) is 48.4 Å². The van der Waals surface area contributed by atoms with Gasteiger partial charge in [-0.2, -0.15) is 0 Å². The number of anilines is 2. The van der Waals surface area contributed by atoms with E-state index in [1.165, 1.54) is 19.1 Å². The minimum atomic E-state index is -0.400. The third-order valence-corrected chi connectivity index (χ3v) is 6.09. The number of rotatable bonds is 6. The molecule has 1 aliphatic rings. The van der Waals surface area contributed by atoms with Gasteiger partial charge in [-0.15, -0.1) is 0 Å². The first-order valence-electron chi connectivity index (χ1n) is 11.1. The van der Waals surface area contributed by atoms with E-state index < -0.39 is 5.91 Å². The number of methoxy groups -OCH3 is 2. The average molecular weight is 492 g/mol. The van der Waals surface area contributed by atoms with Gasteiger partial charge in [-0.1, -0.05) is 47.5 Å². The number of hydrogen-bond acceptors (Lipinski definition) is 5. The summed E-state index contributed by atoms with van der Waals surface area (Å²) in [5, 5.41) is 3.12. The molecular weight excluding hydrogens is 466 g/mol. The van der Waals surface area contributed by atoms with Crippen molar-refractivity contribution in [1.82, 2.24) is 0 Å². The van der Waals surface area contributed by atoms with E-state index in [0.29, 0.717) is 39.3 Å². The van der Waals surface area contributed by atoms with Crippen LogP contribution in [0.1, 0.15) is 23.1 Å². The highest BCUT2D eigenvalue weighted by Gasteiger charge is 2.27. The van der Waals surface area contributed by atoms with Crippen molar-refractivity contribution in [2.24, 2.45) is 4.99 Å². The number of para-hydroxylation sites is 2. The van der Waals surface area contributed by atoms with Gasteiger partial charge < -0.3 is 19.7 Å². The molecule has 0 fully saturated rings. The topological polar surface area (TPSA) is 80.2 Å². The molecule has 1 aliphatic heterocycles. The molecule has 0 unspecified atom stereocenters. The Labute approximate surface area is 209 Å². The summed E-state index contributed by atoms with van der Waals surface area (Å²) in [6.07, 6.45) is 0.0730. The molecule has 0 aliphatic carbocycles. The van der Waals surface area contributed by atoms with E-state index >= 15 is 0 Å². The number of aliphatic imine (C=N–C) groups is 1. The molecule has 4 rings (SSSR count). The lowest BCUT2D eigenvalue weighted by molar-refractivity contribution is -0.120. The van der Waals surface area contributed by atoms with Crippen LogP contribution in [-0.2, 0) is 9.59 Å². The smallest absolute Gasteiger partial charge is 0.244 e. The quantitative estimate of drug-likeness (QED) is 0.495. The monoisotopic (exact) mass is 491 g/mol. The molecule has 1 heterocycles. The van der Waals surface area contributed by atoms with E-state index in [0.717, 1.165) is 16.7 Å². The maximum atomic E-state index is 13.4. The van der Waals surface area contributed by atoms with Crippen molar-refractivity contribution in [2.45, 2.75) is 20.3 Å². The second-order valence-electron chi connectivity index (χ2n) is 8.26. The molecule has 0 bridgehead atoms. The molecule has 1 N–H and O–H groups in total. The van der Waals surface area contributed by atoms with Crippen LogP contribution in [0.25, 0.3) is 0 Å². The first-order chi connectivity index (χ1) is 16.8. The Kier molecular flexibility index (Phi) is 7.07. The molecular formula is C27H26ClN3O4. The Morgan fingerprint density at radius 1 is 1.06 bits per heavy atom. The highest BCUT2D eigenvalue weighted by Crippen LogP contribution is 2.37. The average Bonchev–Trinajstić information content (AvgIpc) is 2.95. The van der Waals surface area contributed by atoms with Gasteiger partial charge in [-0.05, 0) is 43.2 Å². The molecule has 0 saturated carbocycles. The number of nitrogens with one attached hydrogen (secondary N) is 1. The maximum Gasteiger partial charge on any atom is 0.244 e. The molecule has 3 aromatic carbocycles. The zero-order valence-electron chi connectivity index (χ0n) is 20.0. The number of benzene rings is 3. The lowest BCUT2D eigenvalue weighted by Crippen LogP contribution is -2.38. The molecule has 0 spiro atoms. The van der Waals surface area contributed by atoms with E-state index in [2.05, 4.69) is 11.4 Å². The van der Waals surface area contributed by atoms with Crippen LogP contribution in [-0.4, -0.2) is 38.3 Å². The largest absolute Gasteiger partial charge is 0.495 e. The van der Waals surface area contributed by atoms with Crippen molar-refractivity contribution in [3.63, 3.8) is 0 Å². The Morgan fingerprint density at radius 2 is 1.80 bits per heavy atom. The molecule has 0 radical (unpaired) electrons. The Bertz CT molecular complexity index is 1340. The van der Waals surface area contributed by atoms with Gasteiger partial charge in [0.25, 0.3) is 0 Å². The summed E-state index contributed by atoms with van der Waals surface area (Å²) in [6.45, 7) is 3.83. The fourth-order valence-electron chi connectivity index (χ4n) is 4.10. The fraction of sp³-hybridized carbons (Fsp3) is 0.222. The van der Waals surface area contributed by atoms with Crippen molar-refractivity contribution in [3.05, 3.63) is 76.3 Å². The Morgan fingerprint density at radius 3 is 2.51 bits per heavy atom. The van der Waals surface area contributed by atoms with Crippen molar-refractivity contribution >= 4 is 46.2 Å². The van der Waals surface area contributed by atoms with Gasteiger partial charge in [0, 0.05) is 6.07 Å². The fourth-order valence-corrected chi connectivity index (χ4v) is 4.34. The predicted octanol–water partition coefficient (Wildman–Crippen LogP) is 5.47. The second-order valence-corrected chi connectivity index (χ2v) is 8.66. The zero-order valence-corrected chi connectivity index (χ0v) is 20.8. The Hall–Kier alpha value is -3.84. The summed E-state index contributed by atoms with van der Waals surface area (Å²) < 4.78 is 10.6. The number of carbonyl (C=O) groups is 2. The molecule has 7 nitrogen and oxygen atoms in total. The van der Waals surface area contributed by atoms with E-state index in [1.54, 1.807) is 18.2 Å². The van der Waals surface area contributed by atoms with E-state index in [4.69, 9.17) is 26.1 Å². The van der Waals surface area contributed by atoms with Gasteiger partial charge in [-0.25, -0.2) is 0 Å². The maximum absolute atomic E-state index is 13.4. The summed E-state index contributed by atoms with van der Waals surface area (Å²) in [4.78, 5) is 32.7. The van der Waals surface area contributed by atoms with Crippen molar-refractivity contribution in [1.29, 1.82) is 0 Å². The molecule has 0 saturated heterocycles. The lowest BCUT2D eigenvalue weighted by Gasteiger charge is -2.22. The summed E-state index contributed by atoms with van der Waals surface area (Å²) in [6, 6.07) is 16.5. The van der Waals surface area contributed by atoms with Crippen molar-refractivity contribution in [3.8, 4) is 11.5 Å². The third kappa shape index (κ3) is 5.15. The van der Waals surface area contributed by atoms with Crippen LogP contribution in [0.15, 0.2) is 59.6 Å². The van der Waals surface area contributed by atoms with Crippen LogP contribution >= 0.6 is 11.6 Å². The molecule has 3 aromatic rings. The Balaban J connectivity index is 1.62. The lowest BCUT2D eigenvalue weighted by atomic mass is 9.99. The van der Waals surface area contributed by atoms with Gasteiger partial charge in [0.15, 0.2) is 0 Å². The number of amides is 2. The molecule has 0 aromatic heterocycles. The van der Waals surface area contributed by atoms with Crippen LogP contribution in [0.4, 0.5) is 17.1 Å². The van der Waals surface area contributed by atoms with Crippen LogP contribution in [0.2, 0.25) is 5.02 Å². The zero-order chi connectivity index (χ0) is 25.1. The molecule has 2 amide bonds. The summed E-state index contributed by atoms with van der Waals surface area (Å²) in [5.74, 6) is 0.197. The van der Waals surface area contributed by atoms with Crippen molar-refractivity contribution in [2.75, 3.05) is 31.0 Å². The van der Waals surface area contributed by atoms with Crippen LogP contribution in [0.3, 0.4) is 0 Å². The van der Waals surface area contributed by atoms with Crippen LogP contribution < -0.4 is 19.7 Å². The molecule has 180 valence electrons. The number of carbonyl (C=O) groups excluding carboxylic acids is 2. The van der Waals surface area contributed by atoms with Gasteiger partial charge >= 0.3 is 0 Å². The molecule has 35 heavy (non-hydrogen) atoms. The number of fused-ring (bicyclic) bond motifs is 1. The number of aryl methyl sites for hydroxylation is 2. The standard InChI is InChI=1S/C27H26ClN3O4/c1-16-9-10-18(17(2)11-16)21-13-27(33)31(23-8-6-5-7-20(23)29-21)15-26(32)30-22-12-19(28)24(34-3)14-25(22)35-4/h5-12,14H,13,15H2,1-4H3,(H,30,32). The van der Waals surface area contributed by atoms with E-state index in [1.807, 2.05) is 44.2 Å². The minimum absolute atomic E-state index is 0.0730. The summed E-state index contributed by atoms with van der Waals surface area (Å²) in [7, 11) is 2.98. The first kappa shape index (κ1) is 24.3. The van der Waals surface area contributed by atoms with Gasteiger partial charge in [0.1, 0.15) is 18.0 Å². The number of halogens is 1. The first-order valence-corrected chi connectivity index (χ1v) is 11.4. The second kappa shape index (κ2) is 10.2. The highest BCUT2D eigenvalue weighted by atomic mass is 35.5. The third-order valence-electron chi connectivity index (χ3n) is 5.79. The number of nitrogens with zero attached hydrogens (tertiary/aromatic N) is 2. The van der Waals surface area contributed by atoms with Crippen LogP contribution in [0.5, 0.6) is 11.5 Å². The predicted molar refractivity (Wildman–Crippen MR) is 139 cm³/mol. The van der Waals surface area contributed by atoms with Gasteiger partial charge in [0.2, 0.25) is 11.8 Å². The SMILES string of the molecule is COc1cc(OC)c(NC(=O)CN2C(=O)CC(c3ccc(C)cc3C)=Nc3ccccc32)cc1Cl. The number of ether oxygens (including phenoxy) is 2. The molecule has 8 heteroatoms. The van der Waals surface area contributed by atoms with Gasteiger partial charge in [-0.3, -0.25) is 14.6 Å². The van der Waals surface area contributed by atoms with Crippen molar-refractivity contribution < 1.29 is 19.1 Å². The highest BCUT2D eigenvalue weighted by molar-refractivity contribution is 6.32. The van der Waals surface area contributed by atoms with E-state index in [9.17, 15) is 9.59 Å².